The van der Waals surface area contributed by atoms with Gasteiger partial charge in [-0.25, -0.2) is 0 Å². The van der Waals surface area contributed by atoms with Crippen molar-refractivity contribution < 1.29 is 9.59 Å². The molecule has 100 valence electrons. The number of nitrogens with one attached hydrogen (secondary N) is 2. The molecule has 0 aromatic carbocycles. The van der Waals surface area contributed by atoms with E-state index in [9.17, 15) is 9.59 Å². The van der Waals surface area contributed by atoms with Crippen LogP contribution in [0.5, 0.6) is 0 Å². The molecule has 0 aliphatic rings. The van der Waals surface area contributed by atoms with Crippen molar-refractivity contribution in [3.63, 3.8) is 0 Å². The van der Waals surface area contributed by atoms with Gasteiger partial charge in [0.15, 0.2) is 0 Å². The molecule has 0 rings (SSSR count). The summed E-state index contributed by atoms with van der Waals surface area (Å²) in [5.74, 6) is -0.316. The predicted molar refractivity (Wildman–Crippen MR) is 68.4 cm³/mol. The zero-order valence-corrected chi connectivity index (χ0v) is 11.1. The van der Waals surface area contributed by atoms with Crippen molar-refractivity contribution in [2.24, 2.45) is 11.7 Å². The molecule has 0 saturated heterocycles. The third kappa shape index (κ3) is 6.94. The summed E-state index contributed by atoms with van der Waals surface area (Å²) in [6.45, 7) is 6.75. The largest absolute Gasteiger partial charge is 0.354 e. The molecule has 5 nitrogen and oxygen atoms in total. The van der Waals surface area contributed by atoms with E-state index in [4.69, 9.17) is 5.73 Å². The lowest BCUT2D eigenvalue weighted by molar-refractivity contribution is -0.130. The normalized spacial score (nSPS) is 13.9. The molecule has 0 aromatic rings. The minimum absolute atomic E-state index is 0.0856. The zero-order chi connectivity index (χ0) is 13.3. The van der Waals surface area contributed by atoms with Crippen LogP contribution in [0.25, 0.3) is 0 Å². The third-order valence-electron chi connectivity index (χ3n) is 2.59. The van der Waals surface area contributed by atoms with E-state index in [-0.39, 0.29) is 17.7 Å². The predicted octanol–water partition coefficient (Wildman–Crippen LogP) is 0.392. The van der Waals surface area contributed by atoms with E-state index < -0.39 is 6.04 Å². The molecule has 0 bridgehead atoms. The number of amides is 2. The highest BCUT2D eigenvalue weighted by molar-refractivity contribution is 5.87. The van der Waals surface area contributed by atoms with E-state index in [1.165, 1.54) is 0 Å². The Labute approximate surface area is 104 Å². The topological polar surface area (TPSA) is 84.2 Å². The molecule has 17 heavy (non-hydrogen) atoms. The summed E-state index contributed by atoms with van der Waals surface area (Å²) in [6.07, 6.45) is 2.47. The van der Waals surface area contributed by atoms with Crippen molar-refractivity contribution in [1.29, 1.82) is 0 Å². The Morgan fingerprint density at radius 1 is 1.24 bits per heavy atom. The highest BCUT2D eigenvalue weighted by Crippen LogP contribution is 2.04. The Morgan fingerprint density at radius 3 is 2.41 bits per heavy atom. The smallest absolute Gasteiger partial charge is 0.242 e. The summed E-state index contributed by atoms with van der Waals surface area (Å²) in [5, 5.41) is 5.45. The zero-order valence-electron chi connectivity index (χ0n) is 11.1. The molecule has 0 heterocycles. The molecule has 4 N–H and O–H groups in total. The Morgan fingerprint density at radius 2 is 1.88 bits per heavy atom. The molecular weight excluding hydrogens is 218 g/mol. The van der Waals surface area contributed by atoms with Crippen molar-refractivity contribution in [3.8, 4) is 0 Å². The molecule has 0 aliphatic heterocycles. The molecule has 2 amide bonds. The first kappa shape index (κ1) is 15.9. The van der Waals surface area contributed by atoms with Crippen molar-refractivity contribution in [2.45, 2.75) is 46.1 Å². The summed E-state index contributed by atoms with van der Waals surface area (Å²) in [7, 11) is 0. The molecule has 5 heteroatoms. The fourth-order valence-electron chi connectivity index (χ4n) is 1.38. The lowest BCUT2D eigenvalue weighted by Gasteiger charge is -2.17. The van der Waals surface area contributed by atoms with Gasteiger partial charge in [0.25, 0.3) is 0 Å². The van der Waals surface area contributed by atoms with E-state index in [2.05, 4.69) is 10.6 Å². The van der Waals surface area contributed by atoms with Gasteiger partial charge in [-0.15, -0.1) is 0 Å². The summed E-state index contributed by atoms with van der Waals surface area (Å²) < 4.78 is 0. The van der Waals surface area contributed by atoms with Gasteiger partial charge >= 0.3 is 0 Å². The van der Waals surface area contributed by atoms with Crippen molar-refractivity contribution in [3.05, 3.63) is 0 Å². The number of carbonyl (C=O) groups is 2. The van der Waals surface area contributed by atoms with Crippen LogP contribution in [0.3, 0.4) is 0 Å². The van der Waals surface area contributed by atoms with Gasteiger partial charge in [0.1, 0.15) is 6.04 Å². The van der Waals surface area contributed by atoms with Crippen molar-refractivity contribution in [2.75, 3.05) is 13.1 Å². The maximum Gasteiger partial charge on any atom is 0.242 e. The van der Waals surface area contributed by atoms with Crippen LogP contribution in [0.2, 0.25) is 0 Å². The third-order valence-corrected chi connectivity index (χ3v) is 2.59. The Bertz CT molecular complexity index is 244. The molecule has 0 spiro atoms. The second-order valence-electron chi connectivity index (χ2n) is 4.35. The van der Waals surface area contributed by atoms with Crippen LogP contribution in [0, 0.1) is 5.92 Å². The van der Waals surface area contributed by atoms with E-state index in [1.54, 1.807) is 6.92 Å². The first-order valence-corrected chi connectivity index (χ1v) is 6.31. The van der Waals surface area contributed by atoms with Gasteiger partial charge in [-0.1, -0.05) is 13.8 Å². The number of rotatable bonds is 8. The van der Waals surface area contributed by atoms with Crippen LogP contribution < -0.4 is 16.4 Å². The molecule has 0 radical (unpaired) electrons. The number of hydrogen-bond acceptors (Lipinski definition) is 3. The summed E-state index contributed by atoms with van der Waals surface area (Å²) in [6, 6.07) is -0.477. The standard InChI is InChI=1S/C12H25N3O2/c1-4-8-14-12(17)10(3)15-11(16)9(2)6-5-7-13/h9-10H,4-8,13H2,1-3H3,(H,14,17)(H,15,16). The average molecular weight is 243 g/mol. The van der Waals surface area contributed by atoms with Crippen LogP contribution in [0.15, 0.2) is 0 Å². The second kappa shape index (κ2) is 8.98. The van der Waals surface area contributed by atoms with Crippen molar-refractivity contribution >= 4 is 11.8 Å². The highest BCUT2D eigenvalue weighted by Gasteiger charge is 2.18. The molecular formula is C12H25N3O2. The quantitative estimate of drug-likeness (QED) is 0.576. The fourth-order valence-corrected chi connectivity index (χ4v) is 1.38. The monoisotopic (exact) mass is 243 g/mol. The summed E-state index contributed by atoms with van der Waals surface area (Å²) >= 11 is 0. The van der Waals surface area contributed by atoms with Gasteiger partial charge in [-0.3, -0.25) is 9.59 Å². The average Bonchev–Trinajstić information content (AvgIpc) is 2.32. The SMILES string of the molecule is CCCNC(=O)C(C)NC(=O)C(C)CCCN. The summed E-state index contributed by atoms with van der Waals surface area (Å²) in [4.78, 5) is 23.2. The number of nitrogens with two attached hydrogens (primary N) is 1. The highest BCUT2D eigenvalue weighted by atomic mass is 16.2. The Hall–Kier alpha value is -1.10. The number of carbonyl (C=O) groups excluding carboxylic acids is 2. The first-order valence-electron chi connectivity index (χ1n) is 6.31. The first-order chi connectivity index (χ1) is 8.02. The maximum atomic E-state index is 11.7. The Kier molecular flexibility index (Phi) is 8.40. The second-order valence-corrected chi connectivity index (χ2v) is 4.35. The maximum absolute atomic E-state index is 11.7. The number of hydrogen-bond donors (Lipinski definition) is 3. The van der Waals surface area contributed by atoms with Gasteiger partial charge in [-0.05, 0) is 32.7 Å². The van der Waals surface area contributed by atoms with Crippen molar-refractivity contribution in [1.82, 2.24) is 10.6 Å². The van der Waals surface area contributed by atoms with Crippen LogP contribution in [0.4, 0.5) is 0 Å². The fraction of sp³-hybridized carbons (Fsp3) is 0.833. The minimum Gasteiger partial charge on any atom is -0.354 e. The molecule has 2 atom stereocenters. The molecule has 0 aromatic heterocycles. The Balaban J connectivity index is 3.97. The van der Waals surface area contributed by atoms with Crippen LogP contribution in [-0.4, -0.2) is 30.9 Å². The minimum atomic E-state index is -0.477. The van der Waals surface area contributed by atoms with Gasteiger partial charge in [0.05, 0.1) is 0 Å². The van der Waals surface area contributed by atoms with Crippen LogP contribution in [0.1, 0.15) is 40.0 Å². The molecule has 0 aliphatic carbocycles. The van der Waals surface area contributed by atoms with Gasteiger partial charge in [0, 0.05) is 12.5 Å². The van der Waals surface area contributed by atoms with Crippen LogP contribution in [-0.2, 0) is 9.59 Å². The lowest BCUT2D eigenvalue weighted by Crippen LogP contribution is -2.46. The van der Waals surface area contributed by atoms with Gasteiger partial charge < -0.3 is 16.4 Å². The van der Waals surface area contributed by atoms with E-state index in [0.717, 1.165) is 19.3 Å². The van der Waals surface area contributed by atoms with E-state index >= 15 is 0 Å². The summed E-state index contributed by atoms with van der Waals surface area (Å²) in [5.41, 5.74) is 5.39. The van der Waals surface area contributed by atoms with E-state index in [1.807, 2.05) is 13.8 Å². The molecule has 0 saturated carbocycles. The van der Waals surface area contributed by atoms with Gasteiger partial charge in [-0.2, -0.15) is 0 Å². The lowest BCUT2D eigenvalue weighted by atomic mass is 10.0. The van der Waals surface area contributed by atoms with E-state index in [0.29, 0.717) is 13.1 Å². The van der Waals surface area contributed by atoms with Crippen LogP contribution >= 0.6 is 0 Å². The van der Waals surface area contributed by atoms with Gasteiger partial charge in [0.2, 0.25) is 11.8 Å². The molecule has 2 unspecified atom stereocenters. The molecule has 0 fully saturated rings.